The Balaban J connectivity index is 2.17. The maximum absolute atomic E-state index is 13.9. The van der Waals surface area contributed by atoms with Crippen LogP contribution in [0.4, 0.5) is 4.39 Å². The Morgan fingerprint density at radius 1 is 1.05 bits per heavy atom. The third-order valence-electron chi connectivity index (χ3n) is 3.55. The smallest absolute Gasteiger partial charge is 0.131 e. The van der Waals surface area contributed by atoms with E-state index in [1.807, 2.05) is 31.2 Å². The molecule has 0 aliphatic rings. The number of hydrogen-bond donors (Lipinski definition) is 0. The van der Waals surface area contributed by atoms with Gasteiger partial charge in [-0.1, -0.05) is 37.3 Å². The highest BCUT2D eigenvalue weighted by Gasteiger charge is 2.19. The number of aryl methyl sites for hydroxylation is 1. The fraction of sp³-hybridized carbons (Fsp3) is 0.176. The second-order valence-electron chi connectivity index (χ2n) is 4.70. The zero-order chi connectivity index (χ0) is 14.1. The van der Waals surface area contributed by atoms with Gasteiger partial charge in [0, 0.05) is 17.4 Å². The lowest BCUT2D eigenvalue weighted by atomic mass is 9.97. The molecule has 0 aliphatic carbocycles. The van der Waals surface area contributed by atoms with Gasteiger partial charge in [0.1, 0.15) is 11.6 Å². The van der Waals surface area contributed by atoms with Crippen LogP contribution in [-0.2, 0) is 6.42 Å². The number of rotatable bonds is 3. The van der Waals surface area contributed by atoms with Crippen LogP contribution < -0.4 is 0 Å². The quantitative estimate of drug-likeness (QED) is 0.583. The first-order valence-electron chi connectivity index (χ1n) is 6.60. The molecular formula is C17H14ClFO. The molecule has 0 amide bonds. The molecule has 0 fully saturated rings. The molecule has 102 valence electrons. The van der Waals surface area contributed by atoms with Crippen molar-refractivity contribution in [2.45, 2.75) is 18.7 Å². The van der Waals surface area contributed by atoms with Crippen LogP contribution in [0.15, 0.2) is 53.1 Å². The third kappa shape index (κ3) is 2.10. The highest BCUT2D eigenvalue weighted by Crippen LogP contribution is 2.36. The van der Waals surface area contributed by atoms with E-state index >= 15 is 0 Å². The summed E-state index contributed by atoms with van der Waals surface area (Å²) in [6.07, 6.45) is 2.43. The maximum atomic E-state index is 13.9. The van der Waals surface area contributed by atoms with E-state index in [0.717, 1.165) is 28.7 Å². The van der Waals surface area contributed by atoms with E-state index in [4.69, 9.17) is 16.0 Å². The second kappa shape index (κ2) is 5.29. The van der Waals surface area contributed by atoms with Gasteiger partial charge in [-0.05, 0) is 23.1 Å². The van der Waals surface area contributed by atoms with E-state index in [0.29, 0.717) is 5.39 Å². The summed E-state index contributed by atoms with van der Waals surface area (Å²) in [5.41, 5.74) is 1.85. The molecule has 20 heavy (non-hydrogen) atoms. The molecule has 3 heteroatoms. The first-order valence-corrected chi connectivity index (χ1v) is 7.03. The average molecular weight is 289 g/mol. The fourth-order valence-electron chi connectivity index (χ4n) is 2.54. The Bertz CT molecular complexity index is 748. The van der Waals surface area contributed by atoms with E-state index in [1.54, 1.807) is 18.4 Å². The Morgan fingerprint density at radius 3 is 2.55 bits per heavy atom. The molecule has 0 spiro atoms. The number of hydrogen-bond acceptors (Lipinski definition) is 1. The molecule has 2 aromatic carbocycles. The summed E-state index contributed by atoms with van der Waals surface area (Å²) >= 11 is 6.61. The lowest BCUT2D eigenvalue weighted by Gasteiger charge is -2.13. The lowest BCUT2D eigenvalue weighted by Crippen LogP contribution is -1.97. The molecule has 3 rings (SSSR count). The topological polar surface area (TPSA) is 13.1 Å². The fourth-order valence-corrected chi connectivity index (χ4v) is 2.92. The van der Waals surface area contributed by atoms with Crippen molar-refractivity contribution in [2.24, 2.45) is 0 Å². The summed E-state index contributed by atoms with van der Waals surface area (Å²) in [6.45, 7) is 2.02. The maximum Gasteiger partial charge on any atom is 0.131 e. The van der Waals surface area contributed by atoms with Gasteiger partial charge in [0.2, 0.25) is 0 Å². The monoisotopic (exact) mass is 288 g/mol. The standard InChI is InChI=1S/C17H14ClFO/c1-2-16-14(9-10-20-16)17(18)13-7-8-15(19)12-6-4-3-5-11(12)13/h3-10,17H,2H2,1H3. The molecule has 0 saturated heterocycles. The van der Waals surface area contributed by atoms with Crippen LogP contribution in [0.3, 0.4) is 0 Å². The van der Waals surface area contributed by atoms with Gasteiger partial charge in [-0.2, -0.15) is 0 Å². The molecule has 1 aromatic heterocycles. The van der Waals surface area contributed by atoms with Gasteiger partial charge >= 0.3 is 0 Å². The zero-order valence-electron chi connectivity index (χ0n) is 11.1. The Hall–Kier alpha value is -1.80. The molecule has 1 atom stereocenters. The van der Waals surface area contributed by atoms with Crippen molar-refractivity contribution in [3.8, 4) is 0 Å². The van der Waals surface area contributed by atoms with Gasteiger partial charge in [-0.15, -0.1) is 11.6 Å². The second-order valence-corrected chi connectivity index (χ2v) is 5.13. The van der Waals surface area contributed by atoms with Gasteiger partial charge in [0.25, 0.3) is 0 Å². The van der Waals surface area contributed by atoms with Crippen molar-refractivity contribution in [2.75, 3.05) is 0 Å². The van der Waals surface area contributed by atoms with Crippen LogP contribution in [0.5, 0.6) is 0 Å². The Labute approximate surface area is 122 Å². The van der Waals surface area contributed by atoms with Gasteiger partial charge in [0.15, 0.2) is 0 Å². The molecule has 0 N–H and O–H groups in total. The summed E-state index contributed by atoms with van der Waals surface area (Å²) in [5, 5.41) is 1.10. The lowest BCUT2D eigenvalue weighted by molar-refractivity contribution is 0.512. The predicted molar refractivity (Wildman–Crippen MR) is 79.7 cm³/mol. The van der Waals surface area contributed by atoms with Gasteiger partial charge in [-0.25, -0.2) is 4.39 Å². The molecule has 1 unspecified atom stereocenters. The molecule has 1 nitrogen and oxygen atoms in total. The van der Waals surface area contributed by atoms with Crippen LogP contribution in [0.25, 0.3) is 10.8 Å². The van der Waals surface area contributed by atoms with Crippen molar-refractivity contribution < 1.29 is 8.81 Å². The van der Waals surface area contributed by atoms with Gasteiger partial charge in [0.05, 0.1) is 11.6 Å². The van der Waals surface area contributed by atoms with Crippen molar-refractivity contribution in [3.63, 3.8) is 0 Å². The van der Waals surface area contributed by atoms with Crippen molar-refractivity contribution in [3.05, 3.63) is 71.4 Å². The van der Waals surface area contributed by atoms with Crippen LogP contribution in [0, 0.1) is 5.82 Å². The van der Waals surface area contributed by atoms with E-state index in [1.165, 1.54) is 6.07 Å². The van der Waals surface area contributed by atoms with E-state index in [9.17, 15) is 4.39 Å². The predicted octanol–water partition coefficient (Wildman–Crippen LogP) is 5.46. The summed E-state index contributed by atoms with van der Waals surface area (Å²) < 4.78 is 19.3. The normalized spacial score (nSPS) is 12.8. The van der Waals surface area contributed by atoms with E-state index in [-0.39, 0.29) is 11.2 Å². The average Bonchev–Trinajstić information content (AvgIpc) is 2.96. The minimum absolute atomic E-state index is 0.226. The van der Waals surface area contributed by atoms with Crippen LogP contribution in [0.1, 0.15) is 29.2 Å². The highest BCUT2D eigenvalue weighted by molar-refractivity contribution is 6.23. The largest absolute Gasteiger partial charge is 0.469 e. The van der Waals surface area contributed by atoms with E-state index in [2.05, 4.69) is 0 Å². The van der Waals surface area contributed by atoms with Crippen LogP contribution in [0.2, 0.25) is 0 Å². The van der Waals surface area contributed by atoms with Crippen molar-refractivity contribution in [1.82, 2.24) is 0 Å². The minimum Gasteiger partial charge on any atom is -0.469 e. The van der Waals surface area contributed by atoms with Crippen molar-refractivity contribution >= 4 is 22.4 Å². The molecular weight excluding hydrogens is 275 g/mol. The Morgan fingerprint density at radius 2 is 1.80 bits per heavy atom. The number of benzene rings is 2. The van der Waals surface area contributed by atoms with Crippen LogP contribution >= 0.6 is 11.6 Å². The zero-order valence-corrected chi connectivity index (χ0v) is 11.8. The minimum atomic E-state index is -0.339. The summed E-state index contributed by atoms with van der Waals surface area (Å²) in [4.78, 5) is 0. The first kappa shape index (κ1) is 13.2. The molecule has 0 bridgehead atoms. The number of halogens is 2. The molecule has 0 aliphatic heterocycles. The third-order valence-corrected chi connectivity index (χ3v) is 4.02. The number of furan rings is 1. The van der Waals surface area contributed by atoms with E-state index < -0.39 is 0 Å². The van der Waals surface area contributed by atoms with Crippen molar-refractivity contribution in [1.29, 1.82) is 0 Å². The highest BCUT2D eigenvalue weighted by atomic mass is 35.5. The molecule has 0 saturated carbocycles. The molecule has 0 radical (unpaired) electrons. The number of fused-ring (bicyclic) bond motifs is 1. The van der Waals surface area contributed by atoms with Crippen LogP contribution in [-0.4, -0.2) is 0 Å². The number of alkyl halides is 1. The SMILES string of the molecule is CCc1occc1C(Cl)c1ccc(F)c2ccccc12. The van der Waals surface area contributed by atoms with Gasteiger partial charge in [-0.3, -0.25) is 0 Å². The van der Waals surface area contributed by atoms with Gasteiger partial charge < -0.3 is 4.42 Å². The first-order chi connectivity index (χ1) is 9.72. The summed E-state index contributed by atoms with van der Waals surface area (Å²) in [5.74, 6) is 0.648. The summed E-state index contributed by atoms with van der Waals surface area (Å²) in [7, 11) is 0. The Kier molecular flexibility index (Phi) is 3.49. The molecule has 3 aromatic rings. The summed E-state index contributed by atoms with van der Waals surface area (Å²) in [6, 6.07) is 12.5. The molecule has 1 heterocycles.